The van der Waals surface area contributed by atoms with Gasteiger partial charge in [-0.2, -0.15) is 13.2 Å². The third kappa shape index (κ3) is 6.35. The second-order valence-corrected chi connectivity index (χ2v) is 9.60. The Hall–Kier alpha value is -3.57. The van der Waals surface area contributed by atoms with Gasteiger partial charge in [0.05, 0.1) is 33.3 Å². The Morgan fingerprint density at radius 3 is 2.22 bits per heavy atom. The van der Waals surface area contributed by atoms with Gasteiger partial charge in [-0.25, -0.2) is 13.2 Å². The van der Waals surface area contributed by atoms with E-state index in [0.29, 0.717) is 10.4 Å². The largest absolute Gasteiger partial charge is 0.462 e. The van der Waals surface area contributed by atoms with Crippen LogP contribution in [0.4, 0.5) is 24.5 Å². The van der Waals surface area contributed by atoms with Gasteiger partial charge in [0.2, 0.25) is 5.91 Å². The monoisotopic (exact) mass is 540 g/mol. The highest BCUT2D eigenvalue weighted by molar-refractivity contribution is 7.92. The summed E-state index contributed by atoms with van der Waals surface area (Å²) in [6.45, 7) is 1.000. The molecule has 36 heavy (non-hydrogen) atoms. The van der Waals surface area contributed by atoms with Crippen LogP contribution in [0.25, 0.3) is 0 Å². The molecule has 0 fully saturated rings. The van der Waals surface area contributed by atoms with Crippen molar-refractivity contribution < 1.29 is 35.9 Å². The Kier molecular flexibility index (Phi) is 8.26. The number of ether oxygens (including phenoxy) is 1. The summed E-state index contributed by atoms with van der Waals surface area (Å²) in [6, 6.07) is 15.2. The topological polar surface area (TPSA) is 92.8 Å². The van der Waals surface area contributed by atoms with Gasteiger partial charge in [-0.15, -0.1) is 0 Å². The number of rotatable bonds is 8. The average Bonchev–Trinajstić information content (AvgIpc) is 2.83. The van der Waals surface area contributed by atoms with Crippen molar-refractivity contribution in [1.29, 1.82) is 0 Å². The lowest BCUT2D eigenvalue weighted by atomic mass is 10.2. The summed E-state index contributed by atoms with van der Waals surface area (Å²) in [5, 5.41) is 1.86. The van der Waals surface area contributed by atoms with Gasteiger partial charge in [-0.05, 0) is 61.5 Å². The van der Waals surface area contributed by atoms with Crippen LogP contribution in [0.1, 0.15) is 22.8 Å². The van der Waals surface area contributed by atoms with Crippen LogP contribution in [0.2, 0.25) is 5.02 Å². The summed E-state index contributed by atoms with van der Waals surface area (Å²) in [7, 11) is -4.44. The van der Waals surface area contributed by atoms with Crippen molar-refractivity contribution >= 4 is 44.9 Å². The number of sulfonamides is 1. The van der Waals surface area contributed by atoms with E-state index in [4.69, 9.17) is 16.3 Å². The molecule has 0 aromatic heterocycles. The van der Waals surface area contributed by atoms with Crippen LogP contribution in [0.5, 0.6) is 0 Å². The maximum Gasteiger partial charge on any atom is 0.417 e. The Morgan fingerprint density at radius 1 is 1.00 bits per heavy atom. The number of alkyl halides is 3. The van der Waals surface area contributed by atoms with Crippen molar-refractivity contribution in [2.24, 2.45) is 0 Å². The van der Waals surface area contributed by atoms with Crippen molar-refractivity contribution in [3.05, 3.63) is 88.9 Å². The SMILES string of the molecule is CCOC(=O)c1ccc(NC(=O)CN(c2ccc(Cl)c(C(F)(F)F)c2)S(=O)(=O)c2ccccc2)cc1. The molecule has 1 N–H and O–H groups in total. The maximum absolute atomic E-state index is 13.4. The second kappa shape index (κ2) is 11.0. The van der Waals surface area contributed by atoms with Gasteiger partial charge in [0, 0.05) is 5.69 Å². The lowest BCUT2D eigenvalue weighted by molar-refractivity contribution is -0.137. The van der Waals surface area contributed by atoms with E-state index in [2.05, 4.69) is 5.32 Å². The molecule has 0 bridgehead atoms. The van der Waals surface area contributed by atoms with Gasteiger partial charge >= 0.3 is 12.1 Å². The highest BCUT2D eigenvalue weighted by Gasteiger charge is 2.35. The molecular formula is C24H20ClF3N2O5S. The molecule has 1 amide bonds. The van der Waals surface area contributed by atoms with E-state index in [9.17, 15) is 31.2 Å². The van der Waals surface area contributed by atoms with Crippen LogP contribution in [0.3, 0.4) is 0 Å². The zero-order valence-corrected chi connectivity index (χ0v) is 20.3. The molecule has 12 heteroatoms. The van der Waals surface area contributed by atoms with Crippen LogP contribution < -0.4 is 9.62 Å². The van der Waals surface area contributed by atoms with Crippen LogP contribution in [-0.4, -0.2) is 33.4 Å². The first-order valence-electron chi connectivity index (χ1n) is 10.4. The quantitative estimate of drug-likeness (QED) is 0.388. The first kappa shape index (κ1) is 27.0. The fourth-order valence-electron chi connectivity index (χ4n) is 3.16. The number of carbonyl (C=O) groups excluding carboxylic acids is 2. The van der Waals surface area contributed by atoms with E-state index in [1.54, 1.807) is 13.0 Å². The van der Waals surface area contributed by atoms with Crippen LogP contribution in [0.15, 0.2) is 77.7 Å². The van der Waals surface area contributed by atoms with Crippen molar-refractivity contribution in [1.82, 2.24) is 0 Å². The zero-order chi connectivity index (χ0) is 26.5. The minimum absolute atomic E-state index is 0.184. The number of amides is 1. The standard InChI is InChI=1S/C24H20ClF3N2O5S/c1-2-35-23(32)16-8-10-17(11-9-16)29-22(31)15-30(36(33,34)19-6-4-3-5-7-19)18-12-13-21(25)20(14-18)24(26,27)28/h3-14H,2,15H2,1H3,(H,29,31). The molecule has 0 aliphatic carbocycles. The Labute approximate surface area is 210 Å². The molecule has 0 atom stereocenters. The van der Waals surface area contributed by atoms with E-state index >= 15 is 0 Å². The molecular weight excluding hydrogens is 521 g/mol. The zero-order valence-electron chi connectivity index (χ0n) is 18.8. The van der Waals surface area contributed by atoms with Crippen molar-refractivity contribution in [3.63, 3.8) is 0 Å². The molecule has 0 aliphatic heterocycles. The predicted molar refractivity (Wildman–Crippen MR) is 128 cm³/mol. The third-order valence-electron chi connectivity index (χ3n) is 4.84. The summed E-state index contributed by atoms with van der Waals surface area (Å²) in [6.07, 6.45) is -4.85. The minimum Gasteiger partial charge on any atom is -0.462 e. The Bertz CT molecular complexity index is 1350. The van der Waals surface area contributed by atoms with Crippen molar-refractivity contribution in [3.8, 4) is 0 Å². The first-order chi connectivity index (χ1) is 16.9. The molecule has 0 saturated heterocycles. The number of hydrogen-bond donors (Lipinski definition) is 1. The smallest absolute Gasteiger partial charge is 0.417 e. The first-order valence-corrected chi connectivity index (χ1v) is 12.3. The molecule has 0 saturated carbocycles. The lowest BCUT2D eigenvalue weighted by Crippen LogP contribution is -2.38. The number of carbonyl (C=O) groups is 2. The summed E-state index contributed by atoms with van der Waals surface area (Å²) >= 11 is 5.68. The molecule has 0 spiro atoms. The third-order valence-corrected chi connectivity index (χ3v) is 6.96. The molecule has 3 aromatic carbocycles. The average molecular weight is 541 g/mol. The number of esters is 1. The summed E-state index contributed by atoms with van der Waals surface area (Å²) in [5.41, 5.74) is -1.17. The number of anilines is 2. The molecule has 0 aliphatic rings. The molecule has 7 nitrogen and oxygen atoms in total. The molecule has 0 unspecified atom stereocenters. The van der Waals surface area contributed by atoms with E-state index < -0.39 is 50.9 Å². The van der Waals surface area contributed by atoms with Crippen LogP contribution in [-0.2, 0) is 25.7 Å². The summed E-state index contributed by atoms with van der Waals surface area (Å²) in [4.78, 5) is 24.3. The highest BCUT2D eigenvalue weighted by atomic mass is 35.5. The minimum atomic E-state index is -4.85. The fraction of sp³-hybridized carbons (Fsp3) is 0.167. The van der Waals surface area contributed by atoms with Gasteiger partial charge in [-0.3, -0.25) is 9.10 Å². The lowest BCUT2D eigenvalue weighted by Gasteiger charge is -2.25. The number of halogens is 4. The summed E-state index contributed by atoms with van der Waals surface area (Å²) < 4.78 is 72.4. The fourth-order valence-corrected chi connectivity index (χ4v) is 4.81. The second-order valence-electron chi connectivity index (χ2n) is 7.33. The van der Waals surface area contributed by atoms with Crippen LogP contribution >= 0.6 is 11.6 Å². The molecule has 0 radical (unpaired) electrons. The van der Waals surface area contributed by atoms with Gasteiger partial charge in [0.1, 0.15) is 6.54 Å². The maximum atomic E-state index is 13.4. The number of nitrogens with one attached hydrogen (secondary N) is 1. The molecule has 190 valence electrons. The molecule has 0 heterocycles. The van der Waals surface area contributed by atoms with Gasteiger partial charge in [-0.1, -0.05) is 29.8 Å². The van der Waals surface area contributed by atoms with E-state index in [1.165, 1.54) is 48.5 Å². The highest BCUT2D eigenvalue weighted by Crippen LogP contribution is 2.38. The molecule has 3 aromatic rings. The van der Waals surface area contributed by atoms with Crippen molar-refractivity contribution in [2.75, 3.05) is 22.8 Å². The Balaban J connectivity index is 1.94. The predicted octanol–water partition coefficient (Wildman–Crippen LogP) is 5.37. The van der Waals surface area contributed by atoms with E-state index in [1.807, 2.05) is 0 Å². The number of nitrogens with zero attached hydrogens (tertiary/aromatic N) is 1. The number of benzene rings is 3. The molecule has 3 rings (SSSR count). The van der Waals surface area contributed by atoms with Gasteiger partial charge < -0.3 is 10.1 Å². The van der Waals surface area contributed by atoms with E-state index in [-0.39, 0.29) is 22.8 Å². The van der Waals surface area contributed by atoms with Gasteiger partial charge in [0.25, 0.3) is 10.0 Å². The number of hydrogen-bond acceptors (Lipinski definition) is 5. The normalized spacial score (nSPS) is 11.6. The van der Waals surface area contributed by atoms with Crippen LogP contribution in [0, 0.1) is 0 Å². The van der Waals surface area contributed by atoms with Gasteiger partial charge in [0.15, 0.2) is 0 Å². The Morgan fingerprint density at radius 2 is 1.64 bits per heavy atom. The summed E-state index contributed by atoms with van der Waals surface area (Å²) in [5.74, 6) is -1.39. The van der Waals surface area contributed by atoms with E-state index in [0.717, 1.165) is 12.1 Å². The van der Waals surface area contributed by atoms with Crippen molar-refractivity contribution in [2.45, 2.75) is 18.0 Å².